The third kappa shape index (κ3) is 3.52. The van der Waals surface area contributed by atoms with E-state index in [2.05, 4.69) is 4.72 Å². The van der Waals surface area contributed by atoms with Gasteiger partial charge in [-0.05, 0) is 23.8 Å². The van der Waals surface area contributed by atoms with E-state index in [1.165, 1.54) is 12.1 Å². The van der Waals surface area contributed by atoms with Crippen LogP contribution in [0, 0.1) is 0 Å². The van der Waals surface area contributed by atoms with Crippen LogP contribution in [0.2, 0.25) is 0 Å². The number of nitrogens with one attached hydrogen (secondary N) is 1. The number of anilines is 1. The minimum atomic E-state index is -3.86. The van der Waals surface area contributed by atoms with Gasteiger partial charge in [0.25, 0.3) is 0 Å². The highest BCUT2D eigenvalue weighted by Gasteiger charge is 2.21. The standard InChI is InChI=1S/C14H16N2O4S/c15-12-8-11(6-7-14(12)18)21(19,20)16-13(9-17)10-4-2-1-3-5-10/h1-8,13,16-18H,9,15H2/t13-/m1/s1. The Kier molecular flexibility index (Phi) is 4.46. The van der Waals surface area contributed by atoms with Crippen molar-refractivity contribution >= 4 is 15.7 Å². The fraction of sp³-hybridized carbons (Fsp3) is 0.143. The topological polar surface area (TPSA) is 113 Å². The van der Waals surface area contributed by atoms with Crippen LogP contribution in [0.25, 0.3) is 0 Å². The lowest BCUT2D eigenvalue weighted by molar-refractivity contribution is 0.259. The molecule has 0 aliphatic rings. The summed E-state index contributed by atoms with van der Waals surface area (Å²) >= 11 is 0. The summed E-state index contributed by atoms with van der Waals surface area (Å²) in [7, 11) is -3.86. The summed E-state index contributed by atoms with van der Waals surface area (Å²) < 4.78 is 27.0. The summed E-state index contributed by atoms with van der Waals surface area (Å²) in [5.41, 5.74) is 6.12. The fourth-order valence-electron chi connectivity index (χ4n) is 1.85. The number of aliphatic hydroxyl groups excluding tert-OH is 1. The second kappa shape index (κ2) is 6.13. The van der Waals surface area contributed by atoms with Crippen molar-refractivity contribution in [3.63, 3.8) is 0 Å². The number of phenols is 1. The number of hydrogen-bond donors (Lipinski definition) is 4. The van der Waals surface area contributed by atoms with Gasteiger partial charge in [0.05, 0.1) is 23.2 Å². The van der Waals surface area contributed by atoms with Crippen LogP contribution in [0.5, 0.6) is 5.75 Å². The first-order valence-electron chi connectivity index (χ1n) is 6.20. The van der Waals surface area contributed by atoms with Crippen LogP contribution in [0.1, 0.15) is 11.6 Å². The minimum Gasteiger partial charge on any atom is -0.506 e. The molecule has 0 bridgehead atoms. The number of rotatable bonds is 5. The zero-order valence-electron chi connectivity index (χ0n) is 11.1. The van der Waals surface area contributed by atoms with E-state index in [0.29, 0.717) is 5.56 Å². The maximum absolute atomic E-state index is 12.3. The average Bonchev–Trinajstić information content (AvgIpc) is 2.48. The van der Waals surface area contributed by atoms with Gasteiger partial charge in [-0.1, -0.05) is 30.3 Å². The van der Waals surface area contributed by atoms with Gasteiger partial charge < -0.3 is 15.9 Å². The van der Waals surface area contributed by atoms with Crippen LogP contribution in [0.4, 0.5) is 5.69 Å². The first-order chi connectivity index (χ1) is 9.94. The molecule has 0 fully saturated rings. The molecule has 6 nitrogen and oxygen atoms in total. The Balaban J connectivity index is 2.29. The van der Waals surface area contributed by atoms with Gasteiger partial charge in [-0.3, -0.25) is 0 Å². The number of sulfonamides is 1. The Bertz CT molecular complexity index is 717. The first-order valence-corrected chi connectivity index (χ1v) is 7.69. The molecule has 0 saturated carbocycles. The number of hydrogen-bond acceptors (Lipinski definition) is 5. The molecule has 2 rings (SSSR count). The van der Waals surface area contributed by atoms with Crippen molar-refractivity contribution in [3.05, 3.63) is 54.1 Å². The Labute approximate surface area is 122 Å². The van der Waals surface area contributed by atoms with Gasteiger partial charge in [-0.2, -0.15) is 0 Å². The Morgan fingerprint density at radius 3 is 2.38 bits per heavy atom. The minimum absolute atomic E-state index is 0.0295. The lowest BCUT2D eigenvalue weighted by atomic mass is 10.1. The third-order valence-electron chi connectivity index (χ3n) is 2.99. The summed E-state index contributed by atoms with van der Waals surface area (Å²) in [5.74, 6) is -0.185. The molecule has 0 heterocycles. The number of aliphatic hydroxyl groups is 1. The molecular weight excluding hydrogens is 292 g/mol. The van der Waals surface area contributed by atoms with E-state index in [4.69, 9.17) is 5.73 Å². The predicted octanol–water partition coefficient (Wildman–Crippen LogP) is 0.986. The average molecular weight is 308 g/mol. The van der Waals surface area contributed by atoms with Gasteiger partial charge in [0.15, 0.2) is 0 Å². The molecule has 0 aliphatic carbocycles. The molecule has 0 amide bonds. The first kappa shape index (κ1) is 15.3. The zero-order chi connectivity index (χ0) is 15.5. The second-order valence-electron chi connectivity index (χ2n) is 4.49. The van der Waals surface area contributed by atoms with E-state index in [-0.39, 0.29) is 22.9 Å². The van der Waals surface area contributed by atoms with Crippen molar-refractivity contribution < 1.29 is 18.6 Å². The van der Waals surface area contributed by atoms with Gasteiger partial charge in [0.2, 0.25) is 10.0 Å². The molecule has 21 heavy (non-hydrogen) atoms. The summed E-state index contributed by atoms with van der Waals surface area (Å²) in [5, 5.41) is 18.7. The summed E-state index contributed by atoms with van der Waals surface area (Å²) in [6.45, 7) is -0.378. The molecular formula is C14H16N2O4S. The van der Waals surface area contributed by atoms with Crippen LogP contribution in [-0.2, 0) is 10.0 Å². The smallest absolute Gasteiger partial charge is 0.241 e. The highest BCUT2D eigenvalue weighted by Crippen LogP contribution is 2.24. The van der Waals surface area contributed by atoms with Crippen molar-refractivity contribution in [1.82, 2.24) is 4.72 Å². The third-order valence-corrected chi connectivity index (χ3v) is 4.46. The zero-order valence-corrected chi connectivity index (χ0v) is 11.9. The van der Waals surface area contributed by atoms with Gasteiger partial charge in [0.1, 0.15) is 5.75 Å². The van der Waals surface area contributed by atoms with Crippen molar-refractivity contribution in [3.8, 4) is 5.75 Å². The quantitative estimate of drug-likeness (QED) is 0.486. The van der Waals surface area contributed by atoms with Gasteiger partial charge >= 0.3 is 0 Å². The van der Waals surface area contributed by atoms with Gasteiger partial charge in [0, 0.05) is 0 Å². The molecule has 7 heteroatoms. The van der Waals surface area contributed by atoms with Crippen LogP contribution >= 0.6 is 0 Å². The number of nitrogens with two attached hydrogens (primary N) is 1. The van der Waals surface area contributed by atoms with Crippen molar-refractivity contribution in [2.75, 3.05) is 12.3 Å². The summed E-state index contributed by atoms with van der Waals surface area (Å²) in [4.78, 5) is -0.0767. The van der Waals surface area contributed by atoms with Crippen LogP contribution in [0.3, 0.4) is 0 Å². The van der Waals surface area contributed by atoms with Crippen molar-refractivity contribution in [2.24, 2.45) is 0 Å². The largest absolute Gasteiger partial charge is 0.506 e. The molecule has 1 atom stereocenters. The van der Waals surface area contributed by atoms with Crippen molar-refractivity contribution in [1.29, 1.82) is 0 Å². The molecule has 0 saturated heterocycles. The molecule has 0 unspecified atom stereocenters. The van der Waals surface area contributed by atoms with Crippen LogP contribution in [-0.4, -0.2) is 25.2 Å². The van der Waals surface area contributed by atoms with Gasteiger partial charge in [-0.25, -0.2) is 13.1 Å². The van der Waals surface area contributed by atoms with E-state index in [9.17, 15) is 18.6 Å². The molecule has 112 valence electrons. The number of aromatic hydroxyl groups is 1. The van der Waals surface area contributed by atoms with Gasteiger partial charge in [-0.15, -0.1) is 0 Å². The molecule has 5 N–H and O–H groups in total. The highest BCUT2D eigenvalue weighted by molar-refractivity contribution is 7.89. The lowest BCUT2D eigenvalue weighted by Gasteiger charge is -2.17. The Morgan fingerprint density at radius 1 is 1.14 bits per heavy atom. The molecule has 0 aromatic heterocycles. The summed E-state index contributed by atoms with van der Waals surface area (Å²) in [6.07, 6.45) is 0. The van der Waals surface area contributed by atoms with Crippen LogP contribution < -0.4 is 10.5 Å². The Hall–Kier alpha value is -2.09. The lowest BCUT2D eigenvalue weighted by Crippen LogP contribution is -2.30. The number of phenolic OH excluding ortho intramolecular Hbond substituents is 1. The molecule has 0 aliphatic heterocycles. The SMILES string of the molecule is Nc1cc(S(=O)(=O)N[C@H](CO)c2ccccc2)ccc1O. The van der Waals surface area contributed by atoms with E-state index < -0.39 is 16.1 Å². The summed E-state index contributed by atoms with van der Waals surface area (Å²) in [6, 6.07) is 11.6. The monoisotopic (exact) mass is 308 g/mol. The van der Waals surface area contributed by atoms with E-state index >= 15 is 0 Å². The molecule has 2 aromatic carbocycles. The van der Waals surface area contributed by atoms with E-state index in [0.717, 1.165) is 6.07 Å². The number of nitrogen functional groups attached to an aromatic ring is 1. The predicted molar refractivity (Wildman–Crippen MR) is 79.1 cm³/mol. The maximum atomic E-state index is 12.3. The van der Waals surface area contributed by atoms with Crippen LogP contribution in [0.15, 0.2) is 53.4 Å². The second-order valence-corrected chi connectivity index (χ2v) is 6.20. The normalized spacial score (nSPS) is 13.0. The fourth-order valence-corrected chi connectivity index (χ4v) is 3.10. The number of benzene rings is 2. The molecule has 0 spiro atoms. The highest BCUT2D eigenvalue weighted by atomic mass is 32.2. The molecule has 0 radical (unpaired) electrons. The Morgan fingerprint density at radius 2 is 1.81 bits per heavy atom. The maximum Gasteiger partial charge on any atom is 0.241 e. The van der Waals surface area contributed by atoms with Crippen molar-refractivity contribution in [2.45, 2.75) is 10.9 Å². The van der Waals surface area contributed by atoms with E-state index in [1.807, 2.05) is 0 Å². The molecule has 2 aromatic rings. The van der Waals surface area contributed by atoms with E-state index in [1.54, 1.807) is 30.3 Å².